The monoisotopic (exact) mass is 655 g/mol. The highest BCUT2D eigenvalue weighted by Gasteiger charge is 2.34. The van der Waals surface area contributed by atoms with Gasteiger partial charge >= 0.3 is 7.82 Å². The molecule has 0 heterocycles. The number of aliphatic hydroxyl groups is 1. The van der Waals surface area contributed by atoms with Gasteiger partial charge in [-0.1, -0.05) is 114 Å². The van der Waals surface area contributed by atoms with E-state index in [2.05, 4.69) is 55.5 Å². The molecule has 46 heavy (non-hydrogen) atoms. The lowest BCUT2D eigenvalue weighted by atomic mass is 10.0. The molecule has 0 aliphatic carbocycles. The lowest BCUT2D eigenvalue weighted by Gasteiger charge is -2.28. The lowest BCUT2D eigenvalue weighted by molar-refractivity contribution is 0.0487. The normalized spacial score (nSPS) is 12.8. The molecule has 0 spiro atoms. The summed E-state index contributed by atoms with van der Waals surface area (Å²) in [5.74, 6) is 0.575. The maximum Gasteiger partial charge on any atom is 0.475 e. The number of rotatable bonds is 16. The van der Waals surface area contributed by atoms with Gasteiger partial charge < -0.3 is 15.6 Å². The Morgan fingerprint density at radius 3 is 1.63 bits per heavy atom. The molecule has 0 aliphatic rings. The van der Waals surface area contributed by atoms with E-state index < -0.39 is 20.0 Å². The van der Waals surface area contributed by atoms with Crippen molar-refractivity contribution in [2.24, 2.45) is 5.73 Å². The molecule has 0 saturated heterocycles. The summed E-state index contributed by atoms with van der Waals surface area (Å²) in [4.78, 5) is 2.17. The van der Waals surface area contributed by atoms with Crippen LogP contribution in [0.25, 0.3) is 11.1 Å². The molecule has 0 amide bonds. The van der Waals surface area contributed by atoms with Crippen LogP contribution in [-0.2, 0) is 31.4 Å². The van der Waals surface area contributed by atoms with Crippen LogP contribution < -0.4 is 10.5 Å². The molecule has 3 N–H and O–H groups in total. The van der Waals surface area contributed by atoms with Gasteiger partial charge in [0.1, 0.15) is 12.4 Å². The minimum Gasteiger partial charge on any atom is -0.491 e. The number of hydrogen-bond acceptors (Lipinski definition) is 8. The number of hydrogen-bond donors (Lipinski definition) is 2. The molecule has 0 aromatic heterocycles. The van der Waals surface area contributed by atoms with Crippen molar-refractivity contribution in [1.82, 2.24) is 0 Å². The SMILES string of the molecule is Cc1ccc(-c2ccc(Sc3ccc(OCC(N)(CO)COP(=O)(OCc4ccccc4)OCc4ccccc4)cc3)cc2)cc1. The van der Waals surface area contributed by atoms with Crippen LogP contribution in [0.15, 0.2) is 143 Å². The summed E-state index contributed by atoms with van der Waals surface area (Å²) in [5, 5.41) is 10.1. The molecule has 0 aliphatic heterocycles. The zero-order valence-corrected chi connectivity index (χ0v) is 27.4. The molecule has 0 bridgehead atoms. The molecule has 7 nitrogen and oxygen atoms in total. The van der Waals surface area contributed by atoms with Crippen molar-refractivity contribution in [3.05, 3.63) is 150 Å². The van der Waals surface area contributed by atoms with Crippen molar-refractivity contribution >= 4 is 19.6 Å². The molecule has 5 aromatic carbocycles. The van der Waals surface area contributed by atoms with Crippen molar-refractivity contribution < 1.29 is 28.0 Å². The Kier molecular flexibility index (Phi) is 11.9. The molecule has 0 saturated carbocycles. The van der Waals surface area contributed by atoms with Gasteiger partial charge in [-0.3, -0.25) is 13.6 Å². The fraction of sp³-hybridized carbons (Fsp3) is 0.189. The predicted octanol–water partition coefficient (Wildman–Crippen LogP) is 8.44. The van der Waals surface area contributed by atoms with Crippen LogP contribution in [0.2, 0.25) is 0 Å². The first kappa shape index (κ1) is 33.6. The smallest absolute Gasteiger partial charge is 0.475 e. The van der Waals surface area contributed by atoms with E-state index in [-0.39, 0.29) is 26.4 Å². The standard InChI is InChI=1S/C37H38NO6PS/c1-29-12-14-32(15-13-29)33-16-20-35(21-17-33)46-36-22-18-34(19-23-36)41-27-37(38,26-39)28-44-45(40,42-24-30-8-4-2-5-9-30)43-25-31-10-6-3-7-11-31/h2-23,39H,24-28,38H2,1H3. The average molecular weight is 656 g/mol. The van der Waals surface area contributed by atoms with Gasteiger partial charge in [-0.25, -0.2) is 4.57 Å². The summed E-state index contributed by atoms with van der Waals surface area (Å²) < 4.78 is 36.6. The summed E-state index contributed by atoms with van der Waals surface area (Å²) in [7, 11) is -4.07. The van der Waals surface area contributed by atoms with Gasteiger partial charge in [0.25, 0.3) is 0 Å². The van der Waals surface area contributed by atoms with Crippen LogP contribution in [0.4, 0.5) is 0 Å². The summed E-state index contributed by atoms with van der Waals surface area (Å²) >= 11 is 1.65. The molecule has 5 aromatic rings. The zero-order chi connectivity index (χ0) is 32.2. The van der Waals surface area contributed by atoms with Crippen molar-refractivity contribution in [3.8, 4) is 16.9 Å². The quantitative estimate of drug-likeness (QED) is 0.102. The minimum absolute atomic E-state index is 0.0152. The molecule has 0 fully saturated rings. The Bertz CT molecular complexity index is 1640. The number of ether oxygens (including phenoxy) is 1. The molecular formula is C37H38NO6PS. The summed E-state index contributed by atoms with van der Waals surface area (Å²) in [6.07, 6.45) is 0. The first-order valence-corrected chi connectivity index (χ1v) is 17.2. The van der Waals surface area contributed by atoms with E-state index in [1.54, 1.807) is 11.8 Å². The van der Waals surface area contributed by atoms with Gasteiger partial charge in [-0.2, -0.15) is 0 Å². The van der Waals surface area contributed by atoms with Crippen molar-refractivity contribution in [3.63, 3.8) is 0 Å². The number of phosphoric ester groups is 1. The second-order valence-electron chi connectivity index (χ2n) is 11.0. The fourth-order valence-corrected chi connectivity index (χ4v) is 6.41. The van der Waals surface area contributed by atoms with Crippen LogP contribution in [0, 0.1) is 6.92 Å². The molecule has 0 radical (unpaired) electrons. The average Bonchev–Trinajstić information content (AvgIpc) is 3.10. The van der Waals surface area contributed by atoms with Gasteiger partial charge in [0, 0.05) is 9.79 Å². The Morgan fingerprint density at radius 1 is 0.652 bits per heavy atom. The van der Waals surface area contributed by atoms with Crippen molar-refractivity contribution in [2.75, 3.05) is 19.8 Å². The number of phosphoric acid groups is 1. The van der Waals surface area contributed by atoms with Gasteiger partial charge in [-0.15, -0.1) is 0 Å². The van der Waals surface area contributed by atoms with Crippen LogP contribution in [-0.4, -0.2) is 30.5 Å². The van der Waals surface area contributed by atoms with E-state index in [4.69, 9.17) is 24.0 Å². The van der Waals surface area contributed by atoms with E-state index in [1.165, 1.54) is 16.7 Å². The highest BCUT2D eigenvalue weighted by Crippen LogP contribution is 2.51. The Morgan fingerprint density at radius 2 is 1.13 bits per heavy atom. The number of benzene rings is 5. The van der Waals surface area contributed by atoms with E-state index in [1.807, 2.05) is 84.9 Å². The zero-order valence-electron chi connectivity index (χ0n) is 25.7. The van der Waals surface area contributed by atoms with Gasteiger partial charge in [0.2, 0.25) is 0 Å². The highest BCUT2D eigenvalue weighted by molar-refractivity contribution is 7.99. The third-order valence-corrected chi connectivity index (χ3v) is 9.47. The van der Waals surface area contributed by atoms with Crippen LogP contribution in [0.1, 0.15) is 16.7 Å². The van der Waals surface area contributed by atoms with Crippen molar-refractivity contribution in [2.45, 2.75) is 35.5 Å². The number of aryl methyl sites for hydroxylation is 1. The Hall–Kier alpha value is -3.72. The van der Waals surface area contributed by atoms with E-state index in [0.717, 1.165) is 20.9 Å². The van der Waals surface area contributed by atoms with Gasteiger partial charge in [0.05, 0.1) is 32.0 Å². The lowest BCUT2D eigenvalue weighted by Crippen LogP contribution is -2.52. The fourth-order valence-electron chi connectivity index (χ4n) is 4.34. The molecule has 9 heteroatoms. The summed E-state index contributed by atoms with van der Waals surface area (Å²) in [6, 6.07) is 43.2. The van der Waals surface area contributed by atoms with Crippen molar-refractivity contribution in [1.29, 1.82) is 0 Å². The summed E-state index contributed by atoms with van der Waals surface area (Å²) in [5.41, 5.74) is 10.3. The maximum atomic E-state index is 13.6. The first-order chi connectivity index (χ1) is 22.3. The van der Waals surface area contributed by atoms with Crippen LogP contribution in [0.5, 0.6) is 5.75 Å². The Balaban J connectivity index is 1.15. The molecule has 1 unspecified atom stereocenters. The molecule has 5 rings (SSSR count). The third-order valence-electron chi connectivity index (χ3n) is 7.11. The van der Waals surface area contributed by atoms with E-state index in [0.29, 0.717) is 5.75 Å². The summed E-state index contributed by atoms with van der Waals surface area (Å²) in [6.45, 7) is 1.23. The Labute approximate surface area is 274 Å². The second kappa shape index (κ2) is 16.2. The molecule has 238 valence electrons. The third kappa shape index (κ3) is 10.1. The maximum absolute atomic E-state index is 13.6. The largest absolute Gasteiger partial charge is 0.491 e. The van der Waals surface area contributed by atoms with Gasteiger partial charge in [0.15, 0.2) is 0 Å². The van der Waals surface area contributed by atoms with E-state index in [9.17, 15) is 9.67 Å². The highest BCUT2D eigenvalue weighted by atomic mass is 32.2. The van der Waals surface area contributed by atoms with E-state index >= 15 is 0 Å². The number of aliphatic hydroxyl groups excluding tert-OH is 1. The topological polar surface area (TPSA) is 100 Å². The van der Waals surface area contributed by atoms with Crippen LogP contribution in [0.3, 0.4) is 0 Å². The second-order valence-corrected chi connectivity index (χ2v) is 13.8. The molecular weight excluding hydrogens is 617 g/mol. The predicted molar refractivity (Wildman–Crippen MR) is 183 cm³/mol. The van der Waals surface area contributed by atoms with Crippen LogP contribution >= 0.6 is 19.6 Å². The number of nitrogens with two attached hydrogens (primary N) is 1. The molecule has 1 atom stereocenters. The van der Waals surface area contributed by atoms with Gasteiger partial charge in [-0.05, 0) is 65.6 Å². The first-order valence-electron chi connectivity index (χ1n) is 14.9. The minimum atomic E-state index is -4.07.